The molecule has 0 aliphatic heterocycles. The first-order valence-corrected chi connectivity index (χ1v) is 6.07. The first-order valence-electron chi connectivity index (χ1n) is 6.07. The summed E-state index contributed by atoms with van der Waals surface area (Å²) >= 11 is 0. The molecule has 0 amide bonds. The average molecular weight is 269 g/mol. The summed E-state index contributed by atoms with van der Waals surface area (Å²) in [6.07, 6.45) is 0. The summed E-state index contributed by atoms with van der Waals surface area (Å²) in [5.74, 6) is -0.500. The van der Waals surface area contributed by atoms with Gasteiger partial charge in [0.1, 0.15) is 12.4 Å². The van der Waals surface area contributed by atoms with E-state index in [2.05, 4.69) is 0 Å². The summed E-state index contributed by atoms with van der Waals surface area (Å²) in [5, 5.41) is 26.5. The second-order valence-electron chi connectivity index (χ2n) is 3.97. The molecule has 6 heteroatoms. The number of hydrogen-bond donors (Lipinski definition) is 3. The molecule has 0 radical (unpaired) electrons. The van der Waals surface area contributed by atoms with Crippen LogP contribution >= 0.6 is 0 Å². The van der Waals surface area contributed by atoms with Crippen LogP contribution in [0.15, 0.2) is 24.3 Å². The Morgan fingerprint density at radius 3 is 2.42 bits per heavy atom. The number of ether oxygens (including phenoxy) is 1. The Labute approximate surface area is 111 Å². The number of carboxylic acid groups (broad SMARTS) is 1. The van der Waals surface area contributed by atoms with Crippen molar-refractivity contribution in [1.82, 2.24) is 4.90 Å². The number of rotatable bonds is 9. The predicted molar refractivity (Wildman–Crippen MR) is 69.5 cm³/mol. The maximum Gasteiger partial charge on any atom is 0.335 e. The maximum absolute atomic E-state index is 10.8. The van der Waals surface area contributed by atoms with Gasteiger partial charge in [0.15, 0.2) is 0 Å². The number of hydrogen-bond acceptors (Lipinski definition) is 5. The first kappa shape index (κ1) is 15.4. The smallest absolute Gasteiger partial charge is 0.335 e. The van der Waals surface area contributed by atoms with Crippen LogP contribution in [0.1, 0.15) is 10.4 Å². The third-order valence-corrected chi connectivity index (χ3v) is 2.59. The van der Waals surface area contributed by atoms with Crippen LogP contribution in [-0.2, 0) is 0 Å². The largest absolute Gasteiger partial charge is 0.492 e. The molecule has 0 aliphatic rings. The standard InChI is InChI=1S/C13H19NO5/c15-7-4-14(5-8-16)6-9-19-12-3-1-2-11(10-12)13(17)18/h1-3,10,15-16H,4-9H2,(H,17,18). The van der Waals surface area contributed by atoms with Gasteiger partial charge in [0, 0.05) is 19.6 Å². The van der Waals surface area contributed by atoms with Gasteiger partial charge >= 0.3 is 5.97 Å². The minimum Gasteiger partial charge on any atom is -0.492 e. The Hall–Kier alpha value is -1.63. The highest BCUT2D eigenvalue weighted by Gasteiger charge is 2.06. The van der Waals surface area contributed by atoms with Gasteiger partial charge in [0.05, 0.1) is 18.8 Å². The molecule has 0 aromatic heterocycles. The van der Waals surface area contributed by atoms with Gasteiger partial charge in [0.25, 0.3) is 0 Å². The van der Waals surface area contributed by atoms with Gasteiger partial charge in [-0.2, -0.15) is 0 Å². The van der Waals surface area contributed by atoms with Crippen LogP contribution in [0.25, 0.3) is 0 Å². The number of benzene rings is 1. The van der Waals surface area contributed by atoms with Crippen LogP contribution in [0.2, 0.25) is 0 Å². The summed E-state index contributed by atoms with van der Waals surface area (Å²) in [6.45, 7) is 1.91. The van der Waals surface area contributed by atoms with Crippen LogP contribution in [0.3, 0.4) is 0 Å². The fraction of sp³-hybridized carbons (Fsp3) is 0.462. The van der Waals surface area contributed by atoms with Crippen LogP contribution < -0.4 is 4.74 Å². The van der Waals surface area contributed by atoms with Gasteiger partial charge in [-0.3, -0.25) is 4.90 Å². The molecule has 0 heterocycles. The molecule has 1 aromatic rings. The van der Waals surface area contributed by atoms with Crippen molar-refractivity contribution in [2.45, 2.75) is 0 Å². The third-order valence-electron chi connectivity index (χ3n) is 2.59. The summed E-state index contributed by atoms with van der Waals surface area (Å²) in [4.78, 5) is 12.6. The lowest BCUT2D eigenvalue weighted by molar-refractivity contribution is 0.0696. The number of aromatic carboxylic acids is 1. The van der Waals surface area contributed by atoms with E-state index >= 15 is 0 Å². The number of carboxylic acids is 1. The van der Waals surface area contributed by atoms with Crippen molar-refractivity contribution in [2.24, 2.45) is 0 Å². The molecular weight excluding hydrogens is 250 g/mol. The monoisotopic (exact) mass is 269 g/mol. The zero-order chi connectivity index (χ0) is 14.1. The van der Waals surface area contributed by atoms with Crippen molar-refractivity contribution in [1.29, 1.82) is 0 Å². The molecule has 0 fully saturated rings. The molecule has 0 saturated heterocycles. The van der Waals surface area contributed by atoms with Gasteiger partial charge in [0.2, 0.25) is 0 Å². The molecule has 6 nitrogen and oxygen atoms in total. The highest BCUT2D eigenvalue weighted by molar-refractivity contribution is 5.87. The summed E-state index contributed by atoms with van der Waals surface area (Å²) in [5.41, 5.74) is 0.181. The lowest BCUT2D eigenvalue weighted by Gasteiger charge is -2.20. The van der Waals surface area contributed by atoms with Gasteiger partial charge in [-0.25, -0.2) is 4.79 Å². The van der Waals surface area contributed by atoms with Gasteiger partial charge in [-0.05, 0) is 18.2 Å². The number of aliphatic hydroxyl groups excluding tert-OH is 2. The van der Waals surface area contributed by atoms with Gasteiger partial charge in [-0.1, -0.05) is 6.07 Å². The minimum absolute atomic E-state index is 0.0223. The Morgan fingerprint density at radius 1 is 1.16 bits per heavy atom. The van der Waals surface area contributed by atoms with E-state index in [9.17, 15) is 4.79 Å². The van der Waals surface area contributed by atoms with E-state index in [0.29, 0.717) is 32.0 Å². The third kappa shape index (κ3) is 5.69. The fourth-order valence-electron chi connectivity index (χ4n) is 1.63. The average Bonchev–Trinajstić information content (AvgIpc) is 2.39. The molecular formula is C13H19NO5. The molecule has 106 valence electrons. The lowest BCUT2D eigenvalue weighted by atomic mass is 10.2. The van der Waals surface area contributed by atoms with E-state index < -0.39 is 5.97 Å². The Bertz CT molecular complexity index is 390. The number of aliphatic hydroxyl groups is 2. The van der Waals surface area contributed by atoms with Crippen LogP contribution in [0.5, 0.6) is 5.75 Å². The summed E-state index contributed by atoms with van der Waals surface area (Å²) in [7, 11) is 0. The van der Waals surface area contributed by atoms with E-state index in [-0.39, 0.29) is 18.8 Å². The predicted octanol–water partition coefficient (Wildman–Crippen LogP) is 0.0502. The highest BCUT2D eigenvalue weighted by Crippen LogP contribution is 2.13. The van der Waals surface area contributed by atoms with E-state index in [0.717, 1.165) is 0 Å². The Kier molecular flexibility index (Phi) is 6.88. The minimum atomic E-state index is -0.993. The maximum atomic E-state index is 10.8. The zero-order valence-electron chi connectivity index (χ0n) is 10.7. The summed E-state index contributed by atoms with van der Waals surface area (Å²) in [6, 6.07) is 6.27. The van der Waals surface area contributed by atoms with Crippen molar-refractivity contribution in [2.75, 3.05) is 39.5 Å². The molecule has 1 aromatic carbocycles. The van der Waals surface area contributed by atoms with Crippen molar-refractivity contribution in [3.63, 3.8) is 0 Å². The fourth-order valence-corrected chi connectivity index (χ4v) is 1.63. The molecule has 0 spiro atoms. The topological polar surface area (TPSA) is 90.2 Å². The van der Waals surface area contributed by atoms with E-state index in [1.807, 2.05) is 4.90 Å². The van der Waals surface area contributed by atoms with Crippen LogP contribution in [0, 0.1) is 0 Å². The van der Waals surface area contributed by atoms with Crippen LogP contribution in [0.4, 0.5) is 0 Å². The van der Waals surface area contributed by atoms with Crippen molar-refractivity contribution < 1.29 is 24.9 Å². The SMILES string of the molecule is O=C(O)c1cccc(OCCN(CCO)CCO)c1. The summed E-state index contributed by atoms with van der Waals surface area (Å²) < 4.78 is 5.45. The van der Waals surface area contributed by atoms with Gasteiger partial charge in [-0.15, -0.1) is 0 Å². The quantitative estimate of drug-likeness (QED) is 0.587. The van der Waals surface area contributed by atoms with Crippen molar-refractivity contribution >= 4 is 5.97 Å². The molecule has 1 rings (SSSR count). The molecule has 0 saturated carbocycles. The second kappa shape index (κ2) is 8.47. The second-order valence-corrected chi connectivity index (χ2v) is 3.97. The van der Waals surface area contributed by atoms with Crippen molar-refractivity contribution in [3.05, 3.63) is 29.8 Å². The van der Waals surface area contributed by atoms with E-state index in [1.165, 1.54) is 12.1 Å². The Balaban J connectivity index is 2.43. The van der Waals surface area contributed by atoms with Crippen molar-refractivity contribution in [3.8, 4) is 5.75 Å². The zero-order valence-corrected chi connectivity index (χ0v) is 10.7. The van der Waals surface area contributed by atoms with E-state index in [1.54, 1.807) is 12.1 Å². The molecule has 0 atom stereocenters. The van der Waals surface area contributed by atoms with Gasteiger partial charge < -0.3 is 20.1 Å². The molecule has 0 bridgehead atoms. The van der Waals surface area contributed by atoms with Crippen LogP contribution in [-0.4, -0.2) is 65.6 Å². The highest BCUT2D eigenvalue weighted by atomic mass is 16.5. The normalized spacial score (nSPS) is 10.7. The number of carbonyl (C=O) groups is 1. The molecule has 19 heavy (non-hydrogen) atoms. The molecule has 0 aliphatic carbocycles. The van der Waals surface area contributed by atoms with E-state index in [4.69, 9.17) is 20.1 Å². The first-order chi connectivity index (χ1) is 9.17. The number of nitrogens with zero attached hydrogens (tertiary/aromatic N) is 1. The molecule has 3 N–H and O–H groups in total. The lowest BCUT2D eigenvalue weighted by Crippen LogP contribution is -2.33. The molecule has 0 unspecified atom stereocenters. The Morgan fingerprint density at radius 2 is 1.84 bits per heavy atom.